The van der Waals surface area contributed by atoms with Crippen LogP contribution in [0.2, 0.25) is 4.47 Å². The van der Waals surface area contributed by atoms with Gasteiger partial charge in [-0.05, 0) is 5.56 Å². The van der Waals surface area contributed by atoms with Crippen molar-refractivity contribution in [1.82, 2.24) is 9.88 Å². The van der Waals surface area contributed by atoms with Gasteiger partial charge in [0, 0.05) is 35.1 Å². The van der Waals surface area contributed by atoms with E-state index in [2.05, 4.69) is 16.6 Å². The van der Waals surface area contributed by atoms with Crippen LogP contribution in [0, 0.1) is 0 Å². The molecule has 124 valence electrons. The van der Waals surface area contributed by atoms with Crippen molar-refractivity contribution in [2.24, 2.45) is 4.99 Å². The van der Waals surface area contributed by atoms with E-state index >= 15 is 0 Å². The molecular weight excluding hydrogens is 362 g/mol. The number of hydrogen-bond donors (Lipinski definition) is 1. The minimum Gasteiger partial charge on any atom is -0.515 e. The summed E-state index contributed by atoms with van der Waals surface area (Å²) >= 11 is 9.11. The first-order valence-electron chi connectivity index (χ1n) is 7.24. The summed E-state index contributed by atoms with van der Waals surface area (Å²) < 4.78 is 0.517. The van der Waals surface area contributed by atoms with Gasteiger partial charge in [-0.1, -0.05) is 60.3 Å². The van der Waals surface area contributed by atoms with Gasteiger partial charge in [-0.3, -0.25) is 4.99 Å². The Balaban J connectivity index is 1.98. The molecule has 0 saturated carbocycles. The fraction of sp³-hybridized carbons (Fsp3) is 0.176. The number of aliphatic hydroxyl groups is 1. The summed E-state index contributed by atoms with van der Waals surface area (Å²) in [5.74, 6) is 0.831. The molecule has 0 bridgehead atoms. The smallest absolute Gasteiger partial charge is 0.183 e. The molecule has 24 heavy (non-hydrogen) atoms. The molecule has 2 aromatic rings. The summed E-state index contributed by atoms with van der Waals surface area (Å²) in [6.07, 6.45) is 2.90. The summed E-state index contributed by atoms with van der Waals surface area (Å²) in [6, 6.07) is 9.73. The van der Waals surface area contributed by atoms with Gasteiger partial charge in [-0.15, -0.1) is 11.3 Å². The van der Waals surface area contributed by atoms with Crippen molar-refractivity contribution in [3.05, 3.63) is 70.0 Å². The maximum absolute atomic E-state index is 9.80. The number of rotatable bonds is 4. The number of aliphatic hydroxyl groups excluding tert-OH is 1. The molecule has 0 spiro atoms. The Morgan fingerprint density at radius 3 is 2.79 bits per heavy atom. The maximum Gasteiger partial charge on any atom is 0.183 e. The van der Waals surface area contributed by atoms with Gasteiger partial charge in [0.25, 0.3) is 0 Å². The predicted molar refractivity (Wildman–Crippen MR) is 104 cm³/mol. The monoisotopic (exact) mass is 377 g/mol. The van der Waals surface area contributed by atoms with Crippen LogP contribution in [0.1, 0.15) is 16.5 Å². The van der Waals surface area contributed by atoms with Gasteiger partial charge < -0.3 is 10.0 Å². The van der Waals surface area contributed by atoms with E-state index in [1.54, 1.807) is 25.0 Å². The van der Waals surface area contributed by atoms with E-state index in [0.717, 1.165) is 27.6 Å². The van der Waals surface area contributed by atoms with E-state index in [1.165, 1.54) is 11.3 Å². The molecule has 1 aliphatic heterocycles. The van der Waals surface area contributed by atoms with Crippen molar-refractivity contribution in [2.75, 3.05) is 12.8 Å². The third-order valence-electron chi connectivity index (χ3n) is 3.72. The number of benzene rings is 1. The van der Waals surface area contributed by atoms with Gasteiger partial charge >= 0.3 is 0 Å². The van der Waals surface area contributed by atoms with Gasteiger partial charge in [0.05, 0.1) is 12.3 Å². The Morgan fingerprint density at radius 2 is 2.21 bits per heavy atom. The van der Waals surface area contributed by atoms with Gasteiger partial charge in [0.1, 0.15) is 0 Å². The lowest BCUT2D eigenvalue weighted by atomic mass is 10.0. The average molecular weight is 378 g/mol. The predicted octanol–water partition coefficient (Wildman–Crippen LogP) is 4.99. The van der Waals surface area contributed by atoms with E-state index in [0.29, 0.717) is 15.7 Å². The molecule has 2 heterocycles. The summed E-state index contributed by atoms with van der Waals surface area (Å²) in [5, 5.41) is 10.7. The number of aromatic nitrogens is 1. The molecule has 1 saturated heterocycles. The van der Waals surface area contributed by atoms with Crippen molar-refractivity contribution in [3.8, 4) is 0 Å². The van der Waals surface area contributed by atoms with E-state index in [9.17, 15) is 5.11 Å². The molecule has 1 unspecified atom stereocenters. The second kappa shape index (κ2) is 7.42. The number of thiazole rings is 1. The summed E-state index contributed by atoms with van der Waals surface area (Å²) in [6.45, 7) is 4.22. The highest BCUT2D eigenvalue weighted by Crippen LogP contribution is 2.43. The SMILES string of the molecule is C=C(/C(=C/O)c1ccccc1)N1C(=NC)SCC1c1cnc(Cl)s1. The first-order chi connectivity index (χ1) is 11.7. The van der Waals surface area contributed by atoms with Gasteiger partial charge in [0.15, 0.2) is 9.63 Å². The minimum absolute atomic E-state index is 0.0462. The molecule has 3 rings (SSSR count). The van der Waals surface area contributed by atoms with Crippen LogP contribution in [-0.4, -0.2) is 33.0 Å². The lowest BCUT2D eigenvalue weighted by Gasteiger charge is -2.28. The zero-order valence-electron chi connectivity index (χ0n) is 13.0. The molecule has 1 aromatic carbocycles. The Morgan fingerprint density at radius 1 is 1.46 bits per heavy atom. The molecule has 1 aliphatic rings. The highest BCUT2D eigenvalue weighted by atomic mass is 35.5. The molecule has 0 amide bonds. The highest BCUT2D eigenvalue weighted by Gasteiger charge is 2.35. The van der Waals surface area contributed by atoms with Crippen molar-refractivity contribution in [1.29, 1.82) is 0 Å². The number of hydrogen-bond acceptors (Lipinski definition) is 5. The van der Waals surface area contributed by atoms with E-state index < -0.39 is 0 Å². The number of aliphatic imine (C=N–C) groups is 1. The van der Waals surface area contributed by atoms with Crippen LogP contribution in [0.3, 0.4) is 0 Å². The van der Waals surface area contributed by atoms with Crippen molar-refractivity contribution in [2.45, 2.75) is 6.04 Å². The van der Waals surface area contributed by atoms with Crippen LogP contribution in [-0.2, 0) is 0 Å². The molecule has 0 radical (unpaired) electrons. The van der Waals surface area contributed by atoms with E-state index in [1.807, 2.05) is 35.2 Å². The number of halogens is 1. The van der Waals surface area contributed by atoms with Crippen LogP contribution in [0.5, 0.6) is 0 Å². The van der Waals surface area contributed by atoms with Crippen molar-refractivity contribution < 1.29 is 5.11 Å². The maximum atomic E-state index is 9.80. The van der Waals surface area contributed by atoms with Gasteiger partial charge in [0.2, 0.25) is 0 Å². The molecular formula is C17H16ClN3OS2. The lowest BCUT2D eigenvalue weighted by molar-refractivity contribution is 0.447. The normalized spacial score (nSPS) is 19.9. The molecule has 4 nitrogen and oxygen atoms in total. The third-order valence-corrected chi connectivity index (χ3v) is 6.05. The standard InChI is InChI=1S/C17H16ClN3OS2/c1-11(13(9-22)12-6-4-3-5-7-12)21-14(10-23-17(21)19-2)15-8-20-16(18)24-15/h3-9,14,22H,1,10H2,2H3/b13-9-,19-17?. The van der Waals surface area contributed by atoms with Crippen LogP contribution in [0.15, 0.2) is 60.1 Å². The Kier molecular flexibility index (Phi) is 5.28. The van der Waals surface area contributed by atoms with Gasteiger partial charge in [-0.2, -0.15) is 0 Å². The van der Waals surface area contributed by atoms with Crippen LogP contribution in [0.4, 0.5) is 0 Å². The van der Waals surface area contributed by atoms with Gasteiger partial charge in [-0.25, -0.2) is 4.98 Å². The first kappa shape index (κ1) is 17.1. The average Bonchev–Trinajstić information content (AvgIpc) is 3.22. The minimum atomic E-state index is 0.0462. The number of allylic oxidation sites excluding steroid dienone is 1. The molecule has 1 atom stereocenters. The Hall–Kier alpha value is -1.76. The number of nitrogens with zero attached hydrogens (tertiary/aromatic N) is 3. The summed E-state index contributed by atoms with van der Waals surface area (Å²) in [4.78, 5) is 11.6. The lowest BCUT2D eigenvalue weighted by Crippen LogP contribution is -2.27. The zero-order chi connectivity index (χ0) is 17.1. The summed E-state index contributed by atoms with van der Waals surface area (Å²) in [5.41, 5.74) is 2.27. The Bertz CT molecular complexity index is 801. The van der Waals surface area contributed by atoms with E-state index in [-0.39, 0.29) is 6.04 Å². The second-order valence-electron chi connectivity index (χ2n) is 5.07. The molecule has 1 N–H and O–H groups in total. The first-order valence-corrected chi connectivity index (χ1v) is 9.42. The van der Waals surface area contributed by atoms with E-state index in [4.69, 9.17) is 11.6 Å². The number of amidine groups is 1. The quantitative estimate of drug-likeness (QED) is 0.602. The topological polar surface area (TPSA) is 48.7 Å². The van der Waals surface area contributed by atoms with Crippen LogP contribution < -0.4 is 0 Å². The second-order valence-corrected chi connectivity index (χ2v) is 7.71. The van der Waals surface area contributed by atoms with Crippen LogP contribution in [0.25, 0.3) is 5.57 Å². The fourth-order valence-electron chi connectivity index (χ4n) is 2.60. The molecule has 7 heteroatoms. The molecule has 1 fully saturated rings. The zero-order valence-corrected chi connectivity index (χ0v) is 15.4. The van der Waals surface area contributed by atoms with Crippen LogP contribution >= 0.6 is 34.7 Å². The largest absolute Gasteiger partial charge is 0.515 e. The third kappa shape index (κ3) is 3.22. The Labute approximate surface area is 154 Å². The molecule has 0 aliphatic carbocycles. The highest BCUT2D eigenvalue weighted by molar-refractivity contribution is 8.14. The number of thioether (sulfide) groups is 1. The molecule has 1 aromatic heterocycles. The summed E-state index contributed by atoms with van der Waals surface area (Å²) in [7, 11) is 1.76. The fourth-order valence-corrected chi connectivity index (χ4v) is 4.89. The van der Waals surface area contributed by atoms with Crippen molar-refractivity contribution >= 4 is 45.4 Å². The van der Waals surface area contributed by atoms with Crippen molar-refractivity contribution in [3.63, 3.8) is 0 Å².